The topological polar surface area (TPSA) is 84.3 Å². The molecule has 1 N–H and O–H groups in total. The van der Waals surface area contributed by atoms with E-state index < -0.39 is 15.8 Å². The highest BCUT2D eigenvalue weighted by Gasteiger charge is 2.24. The fourth-order valence-corrected chi connectivity index (χ4v) is 6.81. The van der Waals surface area contributed by atoms with Crippen LogP contribution in [0.2, 0.25) is 0 Å². The number of aryl methyl sites for hydroxylation is 1. The van der Waals surface area contributed by atoms with Crippen molar-refractivity contribution in [3.05, 3.63) is 45.4 Å². The molecule has 2 heterocycles. The minimum Gasteiger partial charge on any atom is -0.477 e. The van der Waals surface area contributed by atoms with E-state index in [1.54, 1.807) is 0 Å². The highest BCUT2D eigenvalue weighted by atomic mass is 32.2. The monoisotopic (exact) mass is 395 g/mol. The Kier molecular flexibility index (Phi) is 4.70. The molecule has 25 heavy (non-hydrogen) atoms. The van der Waals surface area contributed by atoms with Crippen LogP contribution in [0.4, 0.5) is 0 Å². The van der Waals surface area contributed by atoms with Crippen molar-refractivity contribution in [2.45, 2.75) is 36.7 Å². The molecule has 0 spiro atoms. The van der Waals surface area contributed by atoms with Crippen LogP contribution >= 0.6 is 22.7 Å². The maximum absolute atomic E-state index is 12.8. The summed E-state index contributed by atoms with van der Waals surface area (Å²) in [4.78, 5) is 14.9. The van der Waals surface area contributed by atoms with Gasteiger partial charge in [0.2, 0.25) is 0 Å². The van der Waals surface area contributed by atoms with Crippen LogP contribution in [0.25, 0.3) is 10.1 Å². The molecule has 0 saturated heterocycles. The van der Waals surface area contributed by atoms with E-state index in [1.807, 2.05) is 19.1 Å². The number of sulfone groups is 1. The summed E-state index contributed by atoms with van der Waals surface area (Å²) in [6.07, 6.45) is 1.20. The smallest absolute Gasteiger partial charge is 0.347 e. The van der Waals surface area contributed by atoms with E-state index in [4.69, 9.17) is 5.11 Å². The molecule has 1 aromatic carbocycles. The number of nitrogens with zero attached hydrogens (tertiary/aromatic N) is 1. The standard InChI is InChI=1S/C17H17NO4S3/c1-9(2)11-4-5-13-12(6-11)10(3)17(24-13)25(21,22)8-15-18-7-14(23-15)16(19)20/h4-7,9H,8H2,1-3H3,(H,19,20). The summed E-state index contributed by atoms with van der Waals surface area (Å²) in [5.74, 6) is -1.01. The van der Waals surface area contributed by atoms with Crippen LogP contribution in [0.5, 0.6) is 0 Å². The van der Waals surface area contributed by atoms with Gasteiger partial charge in [0.15, 0.2) is 9.84 Å². The molecule has 3 aromatic rings. The second kappa shape index (κ2) is 6.51. The number of carboxylic acids is 1. The molecule has 0 aliphatic rings. The number of carbonyl (C=O) groups is 1. The summed E-state index contributed by atoms with van der Waals surface area (Å²) < 4.78 is 26.9. The van der Waals surface area contributed by atoms with Crippen molar-refractivity contribution in [2.24, 2.45) is 0 Å². The quantitative estimate of drug-likeness (QED) is 0.689. The molecule has 5 nitrogen and oxygen atoms in total. The SMILES string of the molecule is Cc1c(S(=O)(=O)Cc2ncc(C(=O)O)s2)sc2ccc(C(C)C)cc12. The Morgan fingerprint density at radius 1 is 1.28 bits per heavy atom. The lowest BCUT2D eigenvalue weighted by atomic mass is 10.0. The Morgan fingerprint density at radius 2 is 2.00 bits per heavy atom. The predicted octanol–water partition coefficient (Wildman–Crippen LogP) is 4.46. The van der Waals surface area contributed by atoms with Gasteiger partial charge in [-0.05, 0) is 41.5 Å². The molecule has 0 amide bonds. The fraction of sp³-hybridized carbons (Fsp3) is 0.294. The van der Waals surface area contributed by atoms with Crippen LogP contribution in [0.1, 0.15) is 45.6 Å². The van der Waals surface area contributed by atoms with E-state index in [-0.39, 0.29) is 15.6 Å². The summed E-state index contributed by atoms with van der Waals surface area (Å²) in [6.45, 7) is 6.02. The molecule has 0 aliphatic carbocycles. The Morgan fingerprint density at radius 3 is 2.60 bits per heavy atom. The van der Waals surface area contributed by atoms with Gasteiger partial charge in [0.1, 0.15) is 19.8 Å². The van der Waals surface area contributed by atoms with Gasteiger partial charge in [-0.25, -0.2) is 18.2 Å². The highest BCUT2D eigenvalue weighted by molar-refractivity contribution is 7.93. The summed E-state index contributed by atoms with van der Waals surface area (Å²) in [7, 11) is -3.58. The molecule has 0 saturated carbocycles. The van der Waals surface area contributed by atoms with Crippen LogP contribution in [0.15, 0.2) is 28.6 Å². The Labute approximate surface area is 153 Å². The number of rotatable bonds is 5. The average Bonchev–Trinajstić information content (AvgIpc) is 3.12. The molecule has 0 bridgehead atoms. The normalized spacial score (nSPS) is 12.2. The second-order valence-corrected chi connectivity index (χ2v) is 10.5. The van der Waals surface area contributed by atoms with Crippen LogP contribution in [0, 0.1) is 6.92 Å². The number of thiazole rings is 1. The summed E-state index contributed by atoms with van der Waals surface area (Å²) >= 11 is 2.15. The lowest BCUT2D eigenvalue weighted by Gasteiger charge is -2.05. The molecule has 0 unspecified atom stereocenters. The highest BCUT2D eigenvalue weighted by Crippen LogP contribution is 2.37. The van der Waals surface area contributed by atoms with Crippen molar-refractivity contribution in [3.8, 4) is 0 Å². The predicted molar refractivity (Wildman–Crippen MR) is 101 cm³/mol. The number of thiophene rings is 1. The van der Waals surface area contributed by atoms with Gasteiger partial charge in [-0.2, -0.15) is 0 Å². The van der Waals surface area contributed by atoms with Crippen molar-refractivity contribution < 1.29 is 18.3 Å². The number of aromatic nitrogens is 1. The summed E-state index contributed by atoms with van der Waals surface area (Å²) in [6, 6.07) is 6.04. The first-order chi connectivity index (χ1) is 11.7. The van der Waals surface area contributed by atoms with Gasteiger partial charge in [-0.1, -0.05) is 19.9 Å². The van der Waals surface area contributed by atoms with E-state index >= 15 is 0 Å². The van der Waals surface area contributed by atoms with Gasteiger partial charge < -0.3 is 5.11 Å². The molecule has 8 heteroatoms. The second-order valence-electron chi connectivity index (χ2n) is 6.11. The first-order valence-electron chi connectivity index (χ1n) is 7.63. The van der Waals surface area contributed by atoms with E-state index in [0.717, 1.165) is 27.0 Å². The summed E-state index contributed by atoms with van der Waals surface area (Å²) in [5.41, 5.74) is 1.92. The van der Waals surface area contributed by atoms with Crippen LogP contribution in [0.3, 0.4) is 0 Å². The molecule has 0 atom stereocenters. The van der Waals surface area contributed by atoms with Gasteiger partial charge in [0.05, 0.1) is 6.20 Å². The average molecular weight is 396 g/mol. The van der Waals surface area contributed by atoms with Crippen molar-refractivity contribution >= 4 is 48.6 Å². The number of hydrogen-bond donors (Lipinski definition) is 1. The third kappa shape index (κ3) is 3.47. The molecule has 3 rings (SSSR count). The first-order valence-corrected chi connectivity index (χ1v) is 10.9. The van der Waals surface area contributed by atoms with Gasteiger partial charge in [-0.3, -0.25) is 0 Å². The van der Waals surface area contributed by atoms with Crippen LogP contribution in [-0.2, 0) is 15.6 Å². The van der Waals surface area contributed by atoms with Gasteiger partial charge in [0, 0.05) is 4.70 Å². The zero-order valence-corrected chi connectivity index (χ0v) is 16.4. The van der Waals surface area contributed by atoms with Gasteiger partial charge in [-0.15, -0.1) is 22.7 Å². The number of hydrogen-bond acceptors (Lipinski definition) is 6. The van der Waals surface area contributed by atoms with Gasteiger partial charge in [0.25, 0.3) is 0 Å². The van der Waals surface area contributed by atoms with Crippen molar-refractivity contribution in [1.29, 1.82) is 0 Å². The zero-order chi connectivity index (χ0) is 18.4. The van der Waals surface area contributed by atoms with Crippen molar-refractivity contribution in [2.75, 3.05) is 0 Å². The lowest BCUT2D eigenvalue weighted by molar-refractivity contribution is 0.0702. The van der Waals surface area contributed by atoms with Crippen LogP contribution < -0.4 is 0 Å². The number of fused-ring (bicyclic) bond motifs is 1. The Bertz CT molecular complexity index is 1060. The van der Waals surface area contributed by atoms with Crippen LogP contribution in [-0.4, -0.2) is 24.5 Å². The summed E-state index contributed by atoms with van der Waals surface area (Å²) in [5, 5.41) is 10.2. The lowest BCUT2D eigenvalue weighted by Crippen LogP contribution is -2.04. The number of carboxylic acid groups (broad SMARTS) is 1. The minimum absolute atomic E-state index is 0.0415. The fourth-order valence-electron chi connectivity index (χ4n) is 2.58. The van der Waals surface area contributed by atoms with Crippen molar-refractivity contribution in [3.63, 3.8) is 0 Å². The maximum atomic E-state index is 12.8. The van der Waals surface area contributed by atoms with E-state index in [0.29, 0.717) is 10.1 Å². The van der Waals surface area contributed by atoms with E-state index in [1.165, 1.54) is 23.1 Å². The number of benzene rings is 1. The first kappa shape index (κ1) is 18.0. The minimum atomic E-state index is -3.58. The molecule has 0 aliphatic heterocycles. The zero-order valence-electron chi connectivity index (χ0n) is 13.9. The van der Waals surface area contributed by atoms with E-state index in [9.17, 15) is 13.2 Å². The maximum Gasteiger partial charge on any atom is 0.347 e. The van der Waals surface area contributed by atoms with E-state index in [2.05, 4.69) is 24.9 Å². The largest absolute Gasteiger partial charge is 0.477 e. The number of aromatic carboxylic acids is 1. The van der Waals surface area contributed by atoms with Crippen molar-refractivity contribution in [1.82, 2.24) is 4.98 Å². The third-order valence-electron chi connectivity index (χ3n) is 3.94. The Hall–Kier alpha value is -1.77. The molecule has 2 aromatic heterocycles. The molecule has 132 valence electrons. The molecule has 0 fully saturated rings. The third-order valence-corrected chi connectivity index (χ3v) is 8.72. The molecular formula is C17H17NO4S3. The molecule has 0 radical (unpaired) electrons. The molecular weight excluding hydrogens is 378 g/mol. The Balaban J connectivity index is 2.01. The van der Waals surface area contributed by atoms with Gasteiger partial charge >= 0.3 is 5.97 Å².